The lowest BCUT2D eigenvalue weighted by atomic mass is 10.1. The Labute approximate surface area is 236 Å². The van der Waals surface area contributed by atoms with Crippen LogP contribution in [0.2, 0.25) is 5.02 Å². The Hall–Kier alpha value is -3.36. The monoisotopic (exact) mass is 569 g/mol. The Morgan fingerprint density at radius 2 is 1.44 bits per heavy atom. The van der Waals surface area contributed by atoms with Gasteiger partial charge in [0.25, 0.3) is 10.0 Å². The number of hydrogen-bond donors (Lipinski definition) is 1. The summed E-state index contributed by atoms with van der Waals surface area (Å²) in [5, 5.41) is 3.32. The van der Waals surface area contributed by atoms with Gasteiger partial charge in [-0.3, -0.25) is 13.9 Å². The molecule has 9 heteroatoms. The zero-order valence-electron chi connectivity index (χ0n) is 23.0. The van der Waals surface area contributed by atoms with E-state index in [1.807, 2.05) is 27.7 Å². The largest absolute Gasteiger partial charge is 0.354 e. The Balaban J connectivity index is 2.01. The summed E-state index contributed by atoms with van der Waals surface area (Å²) in [7, 11) is -4.10. The highest BCUT2D eigenvalue weighted by Gasteiger charge is 2.32. The first-order valence-electron chi connectivity index (χ1n) is 12.9. The summed E-state index contributed by atoms with van der Waals surface area (Å²) >= 11 is 6.40. The molecule has 0 heterocycles. The van der Waals surface area contributed by atoms with Crippen LogP contribution in [-0.4, -0.2) is 44.3 Å². The van der Waals surface area contributed by atoms with Gasteiger partial charge in [0.1, 0.15) is 12.6 Å². The first-order chi connectivity index (χ1) is 18.4. The molecular formula is C30H36ClN3O4S. The fourth-order valence-electron chi connectivity index (χ4n) is 3.92. The van der Waals surface area contributed by atoms with Crippen molar-refractivity contribution in [1.29, 1.82) is 0 Å². The third kappa shape index (κ3) is 7.83. The number of halogens is 1. The Bertz CT molecular complexity index is 1390. The molecule has 3 aromatic carbocycles. The minimum atomic E-state index is -4.10. The molecule has 3 aromatic rings. The lowest BCUT2D eigenvalue weighted by Gasteiger charge is -2.32. The highest BCUT2D eigenvalue weighted by atomic mass is 35.5. The molecule has 1 unspecified atom stereocenters. The van der Waals surface area contributed by atoms with Gasteiger partial charge in [0.2, 0.25) is 11.8 Å². The number of nitrogens with one attached hydrogen (secondary N) is 1. The van der Waals surface area contributed by atoms with E-state index in [4.69, 9.17) is 11.6 Å². The molecule has 3 rings (SSSR count). The predicted molar refractivity (Wildman–Crippen MR) is 156 cm³/mol. The molecule has 0 radical (unpaired) electrons. The van der Waals surface area contributed by atoms with Crippen LogP contribution in [-0.2, 0) is 26.2 Å². The van der Waals surface area contributed by atoms with Crippen LogP contribution < -0.4 is 9.62 Å². The van der Waals surface area contributed by atoms with Crippen molar-refractivity contribution in [2.24, 2.45) is 5.92 Å². The van der Waals surface area contributed by atoms with Crippen molar-refractivity contribution in [2.45, 2.75) is 52.1 Å². The third-order valence-corrected chi connectivity index (χ3v) is 8.52. The highest BCUT2D eigenvalue weighted by molar-refractivity contribution is 7.92. The topological polar surface area (TPSA) is 86.8 Å². The molecule has 39 heavy (non-hydrogen) atoms. The molecule has 0 spiro atoms. The number of benzene rings is 3. The fourth-order valence-corrected chi connectivity index (χ4v) is 5.53. The second kappa shape index (κ2) is 13.1. The maximum atomic E-state index is 13.9. The van der Waals surface area contributed by atoms with Crippen LogP contribution in [0.4, 0.5) is 5.69 Å². The summed E-state index contributed by atoms with van der Waals surface area (Å²) in [6, 6.07) is 19.6. The fraction of sp³-hybridized carbons (Fsp3) is 0.333. The van der Waals surface area contributed by atoms with Gasteiger partial charge in [-0.2, -0.15) is 0 Å². The number of rotatable bonds is 11. The molecule has 0 bridgehead atoms. The number of amides is 2. The number of nitrogens with zero attached hydrogens (tertiary/aromatic N) is 2. The highest BCUT2D eigenvalue weighted by Crippen LogP contribution is 2.26. The van der Waals surface area contributed by atoms with Crippen LogP contribution in [0.3, 0.4) is 0 Å². The molecular weight excluding hydrogens is 534 g/mol. The number of carbonyl (C=O) groups excluding carboxylic acids is 2. The summed E-state index contributed by atoms with van der Waals surface area (Å²) in [6.45, 7) is 9.36. The molecule has 208 valence electrons. The molecule has 1 atom stereocenters. The van der Waals surface area contributed by atoms with Gasteiger partial charge in [-0.05, 0) is 62.6 Å². The molecule has 0 fully saturated rings. The molecule has 1 N–H and O–H groups in total. The van der Waals surface area contributed by atoms with Gasteiger partial charge < -0.3 is 10.2 Å². The van der Waals surface area contributed by atoms with E-state index in [9.17, 15) is 18.0 Å². The smallest absolute Gasteiger partial charge is 0.264 e. The normalized spacial score (nSPS) is 12.2. The van der Waals surface area contributed by atoms with Crippen LogP contribution in [0.25, 0.3) is 0 Å². The van der Waals surface area contributed by atoms with E-state index in [2.05, 4.69) is 5.32 Å². The van der Waals surface area contributed by atoms with Crippen molar-refractivity contribution in [2.75, 3.05) is 17.4 Å². The van der Waals surface area contributed by atoms with E-state index < -0.39 is 28.5 Å². The zero-order valence-corrected chi connectivity index (χ0v) is 24.6. The number of sulfonamides is 1. The van der Waals surface area contributed by atoms with Crippen molar-refractivity contribution in [3.63, 3.8) is 0 Å². The molecule has 0 aliphatic rings. The molecule has 0 saturated carbocycles. The van der Waals surface area contributed by atoms with E-state index in [1.165, 1.54) is 17.0 Å². The summed E-state index contributed by atoms with van der Waals surface area (Å²) < 4.78 is 28.8. The maximum Gasteiger partial charge on any atom is 0.264 e. The minimum absolute atomic E-state index is 0.0427. The summed E-state index contributed by atoms with van der Waals surface area (Å²) in [6.07, 6.45) is 0. The van der Waals surface area contributed by atoms with Gasteiger partial charge in [-0.15, -0.1) is 0 Å². The second-order valence-corrected chi connectivity index (χ2v) is 12.4. The van der Waals surface area contributed by atoms with Crippen LogP contribution in [0.15, 0.2) is 77.7 Å². The van der Waals surface area contributed by atoms with Gasteiger partial charge in [0, 0.05) is 18.1 Å². The number of aryl methyl sites for hydroxylation is 2. The number of carbonyl (C=O) groups is 2. The van der Waals surface area contributed by atoms with Crippen molar-refractivity contribution in [3.05, 3.63) is 94.5 Å². The summed E-state index contributed by atoms with van der Waals surface area (Å²) in [5.74, 6) is -0.628. The van der Waals surface area contributed by atoms with E-state index in [1.54, 1.807) is 67.6 Å². The Morgan fingerprint density at radius 1 is 0.872 bits per heavy atom. The Morgan fingerprint density at radius 3 is 2.00 bits per heavy atom. The lowest BCUT2D eigenvalue weighted by Crippen LogP contribution is -2.51. The quantitative estimate of drug-likeness (QED) is 0.338. The summed E-state index contributed by atoms with van der Waals surface area (Å²) in [4.78, 5) is 28.4. The standard InChI is InChI=1S/C30H36ClN3O4S/c1-21(2)18-32-30(36)24(5)33(19-25-8-6-7-9-28(25)31)29(35)20-34(26-14-10-22(3)11-15-26)39(37,38)27-16-12-23(4)13-17-27/h6-17,21,24H,18-20H2,1-5H3,(H,32,36). The van der Waals surface area contributed by atoms with Gasteiger partial charge in [-0.1, -0.05) is 79.0 Å². The number of hydrogen-bond acceptors (Lipinski definition) is 4. The first-order valence-corrected chi connectivity index (χ1v) is 14.7. The third-order valence-electron chi connectivity index (χ3n) is 6.36. The first kappa shape index (κ1) is 30.2. The summed E-state index contributed by atoms with van der Waals surface area (Å²) in [5.41, 5.74) is 2.87. The number of anilines is 1. The van der Waals surface area contributed by atoms with Crippen LogP contribution in [0.5, 0.6) is 0 Å². The van der Waals surface area contributed by atoms with Crippen LogP contribution >= 0.6 is 11.6 Å². The van der Waals surface area contributed by atoms with E-state index in [0.717, 1.165) is 15.4 Å². The maximum absolute atomic E-state index is 13.9. The lowest BCUT2D eigenvalue weighted by molar-refractivity contribution is -0.139. The molecule has 0 aliphatic carbocycles. The Kier molecular flexibility index (Phi) is 10.2. The van der Waals surface area contributed by atoms with Crippen molar-refractivity contribution in [1.82, 2.24) is 10.2 Å². The van der Waals surface area contributed by atoms with Gasteiger partial charge in [-0.25, -0.2) is 8.42 Å². The van der Waals surface area contributed by atoms with E-state index in [0.29, 0.717) is 22.8 Å². The van der Waals surface area contributed by atoms with Crippen LogP contribution in [0, 0.1) is 19.8 Å². The van der Waals surface area contributed by atoms with E-state index >= 15 is 0 Å². The SMILES string of the molecule is Cc1ccc(N(CC(=O)N(Cc2ccccc2Cl)C(C)C(=O)NCC(C)C)S(=O)(=O)c2ccc(C)cc2)cc1. The van der Waals surface area contributed by atoms with Gasteiger partial charge in [0.05, 0.1) is 10.6 Å². The average molecular weight is 570 g/mol. The second-order valence-electron chi connectivity index (χ2n) is 10.1. The van der Waals surface area contributed by atoms with Gasteiger partial charge in [0.15, 0.2) is 0 Å². The van der Waals surface area contributed by atoms with Crippen molar-refractivity contribution >= 4 is 39.1 Å². The molecule has 0 aliphatic heterocycles. The molecule has 2 amide bonds. The van der Waals surface area contributed by atoms with Crippen molar-refractivity contribution in [3.8, 4) is 0 Å². The minimum Gasteiger partial charge on any atom is -0.354 e. The van der Waals surface area contributed by atoms with E-state index in [-0.39, 0.29) is 23.3 Å². The zero-order chi connectivity index (χ0) is 28.7. The molecule has 0 aromatic heterocycles. The van der Waals surface area contributed by atoms with Gasteiger partial charge >= 0.3 is 0 Å². The average Bonchev–Trinajstić information content (AvgIpc) is 2.90. The van der Waals surface area contributed by atoms with Crippen LogP contribution in [0.1, 0.15) is 37.5 Å². The van der Waals surface area contributed by atoms with Crippen molar-refractivity contribution < 1.29 is 18.0 Å². The molecule has 0 saturated heterocycles. The molecule has 7 nitrogen and oxygen atoms in total. The predicted octanol–water partition coefficient (Wildman–Crippen LogP) is 5.34.